The van der Waals surface area contributed by atoms with Crippen molar-refractivity contribution in [1.82, 2.24) is 40.0 Å². The van der Waals surface area contributed by atoms with Gasteiger partial charge in [-0.3, -0.25) is 9.78 Å². The standard InChI is InChI=1S/C20H24N8O3.CH4O/c1-14-16(12-31-18(14)29)27-9-5-20(19(27)30)3-7-26(8-4-20)6-2-15-10-22-17(11-21-15)28-13-23-24-25-28;1-2/h10-11,13H,2-9,12H2,1H3;2H,1H3. The predicted octanol–water partition coefficient (Wildman–Crippen LogP) is -0.251. The monoisotopic (exact) mass is 456 g/mol. The fourth-order valence-electron chi connectivity index (χ4n) is 4.63. The molecule has 0 bridgehead atoms. The zero-order valence-electron chi connectivity index (χ0n) is 18.8. The number of aliphatic hydroxyl groups is 1. The molecule has 5 heterocycles. The average molecular weight is 457 g/mol. The van der Waals surface area contributed by atoms with E-state index in [1.165, 1.54) is 11.0 Å². The molecule has 3 aliphatic rings. The molecule has 0 unspecified atom stereocenters. The van der Waals surface area contributed by atoms with Crippen molar-refractivity contribution in [2.24, 2.45) is 5.41 Å². The Morgan fingerprint density at radius 1 is 1.09 bits per heavy atom. The number of piperidine rings is 1. The topological polar surface area (TPSA) is 139 Å². The zero-order valence-corrected chi connectivity index (χ0v) is 18.8. The van der Waals surface area contributed by atoms with Gasteiger partial charge in [0.1, 0.15) is 12.9 Å². The zero-order chi connectivity index (χ0) is 23.4. The number of carbonyl (C=O) groups excluding carboxylic acids is 2. The summed E-state index contributed by atoms with van der Waals surface area (Å²) in [7, 11) is 1.00. The number of hydrogen-bond acceptors (Lipinski definition) is 10. The molecule has 2 saturated heterocycles. The Kier molecular flexibility index (Phi) is 6.75. The molecule has 1 amide bonds. The molecule has 176 valence electrons. The van der Waals surface area contributed by atoms with Gasteiger partial charge in [-0.1, -0.05) is 0 Å². The van der Waals surface area contributed by atoms with Gasteiger partial charge in [-0.15, -0.1) is 5.10 Å². The second-order valence-corrected chi connectivity index (χ2v) is 8.35. The molecular formula is C21H28N8O4. The number of aliphatic hydroxyl groups excluding tert-OH is 1. The number of carbonyl (C=O) groups is 2. The van der Waals surface area contributed by atoms with Crippen molar-refractivity contribution in [2.45, 2.75) is 32.6 Å². The maximum atomic E-state index is 13.2. The van der Waals surface area contributed by atoms with E-state index in [0.717, 1.165) is 63.8 Å². The van der Waals surface area contributed by atoms with Crippen LogP contribution in [0.2, 0.25) is 0 Å². The summed E-state index contributed by atoms with van der Waals surface area (Å²) in [6.07, 6.45) is 8.21. The lowest BCUT2D eigenvalue weighted by Crippen LogP contribution is -2.45. The van der Waals surface area contributed by atoms with Crippen molar-refractivity contribution in [2.75, 3.05) is 39.9 Å². The highest BCUT2D eigenvalue weighted by Crippen LogP contribution is 2.43. The Hall–Kier alpha value is -3.25. The number of amides is 1. The number of nitrogens with zero attached hydrogens (tertiary/aromatic N) is 8. The summed E-state index contributed by atoms with van der Waals surface area (Å²) in [6.45, 7) is 5.26. The van der Waals surface area contributed by atoms with Crippen LogP contribution in [0.4, 0.5) is 0 Å². The molecule has 33 heavy (non-hydrogen) atoms. The van der Waals surface area contributed by atoms with Crippen molar-refractivity contribution in [1.29, 1.82) is 0 Å². The van der Waals surface area contributed by atoms with Crippen LogP contribution in [0.5, 0.6) is 0 Å². The fourth-order valence-corrected chi connectivity index (χ4v) is 4.63. The minimum Gasteiger partial charge on any atom is -0.456 e. The van der Waals surface area contributed by atoms with Gasteiger partial charge in [-0.2, -0.15) is 4.68 Å². The highest BCUT2D eigenvalue weighted by Gasteiger charge is 2.49. The molecule has 1 spiro atoms. The van der Waals surface area contributed by atoms with E-state index >= 15 is 0 Å². The summed E-state index contributed by atoms with van der Waals surface area (Å²) in [5.74, 6) is 0.425. The van der Waals surface area contributed by atoms with Gasteiger partial charge in [0.05, 0.1) is 34.8 Å². The second-order valence-electron chi connectivity index (χ2n) is 8.35. The molecule has 0 radical (unpaired) electrons. The lowest BCUT2D eigenvalue weighted by Gasteiger charge is -2.38. The largest absolute Gasteiger partial charge is 0.456 e. The Morgan fingerprint density at radius 2 is 1.85 bits per heavy atom. The van der Waals surface area contributed by atoms with E-state index in [9.17, 15) is 9.59 Å². The van der Waals surface area contributed by atoms with Crippen LogP contribution in [0.1, 0.15) is 31.9 Å². The first kappa shape index (κ1) is 22.9. The normalized spacial score (nSPS) is 20.3. The summed E-state index contributed by atoms with van der Waals surface area (Å²) in [4.78, 5) is 37.9. The Bertz CT molecular complexity index is 1010. The van der Waals surface area contributed by atoms with Crippen LogP contribution in [0.25, 0.3) is 5.82 Å². The highest BCUT2D eigenvalue weighted by atomic mass is 16.5. The first-order chi connectivity index (χ1) is 16.1. The molecule has 12 heteroatoms. The van der Waals surface area contributed by atoms with Crippen LogP contribution in [0, 0.1) is 5.41 Å². The van der Waals surface area contributed by atoms with Gasteiger partial charge >= 0.3 is 5.97 Å². The summed E-state index contributed by atoms with van der Waals surface area (Å²) in [6, 6.07) is 0. The molecule has 0 saturated carbocycles. The number of likely N-dealkylation sites (tertiary alicyclic amines) is 2. The van der Waals surface area contributed by atoms with Crippen molar-refractivity contribution in [3.05, 3.63) is 35.7 Å². The Morgan fingerprint density at radius 3 is 2.45 bits per heavy atom. The lowest BCUT2D eigenvalue weighted by molar-refractivity contribution is -0.138. The maximum absolute atomic E-state index is 13.2. The third kappa shape index (κ3) is 4.48. The van der Waals surface area contributed by atoms with E-state index in [2.05, 4.69) is 30.4 Å². The van der Waals surface area contributed by atoms with Gasteiger partial charge in [0, 0.05) is 26.6 Å². The maximum Gasteiger partial charge on any atom is 0.336 e. The summed E-state index contributed by atoms with van der Waals surface area (Å²) in [5.41, 5.74) is 1.92. The van der Waals surface area contributed by atoms with Gasteiger partial charge in [0.25, 0.3) is 0 Å². The SMILES string of the molecule is CC1=C(N2CCC3(CCN(CCc4cnc(-n5cnnn5)cn4)CC3)C2=O)COC1=O.CO. The molecule has 0 aliphatic carbocycles. The van der Waals surface area contributed by atoms with E-state index in [-0.39, 0.29) is 23.9 Å². The van der Waals surface area contributed by atoms with Crippen LogP contribution in [-0.4, -0.2) is 96.9 Å². The van der Waals surface area contributed by atoms with Crippen LogP contribution >= 0.6 is 0 Å². The fraction of sp³-hybridized carbons (Fsp3) is 0.571. The Labute approximate surface area is 191 Å². The average Bonchev–Trinajstić information content (AvgIpc) is 3.58. The number of esters is 1. The lowest BCUT2D eigenvalue weighted by atomic mass is 9.77. The highest BCUT2D eigenvalue weighted by molar-refractivity contribution is 5.94. The summed E-state index contributed by atoms with van der Waals surface area (Å²) < 4.78 is 6.56. The van der Waals surface area contributed by atoms with E-state index in [0.29, 0.717) is 17.9 Å². The number of aromatic nitrogens is 6. The molecule has 0 aromatic carbocycles. The van der Waals surface area contributed by atoms with E-state index in [1.807, 2.05) is 0 Å². The minimum absolute atomic E-state index is 0.156. The molecule has 2 aromatic rings. The van der Waals surface area contributed by atoms with E-state index < -0.39 is 0 Å². The second kappa shape index (κ2) is 9.71. The van der Waals surface area contributed by atoms with Crippen LogP contribution in [0.15, 0.2) is 30.0 Å². The Balaban J connectivity index is 0.00000126. The number of ether oxygens (including phenoxy) is 1. The van der Waals surface area contributed by atoms with Gasteiger partial charge in [0.2, 0.25) is 5.91 Å². The van der Waals surface area contributed by atoms with Gasteiger partial charge in [-0.05, 0) is 49.7 Å². The number of tetrazole rings is 1. The molecule has 2 fully saturated rings. The molecule has 0 atom stereocenters. The third-order valence-electron chi connectivity index (χ3n) is 6.69. The van der Waals surface area contributed by atoms with Crippen molar-refractivity contribution < 1.29 is 19.4 Å². The van der Waals surface area contributed by atoms with Crippen molar-refractivity contribution in [3.8, 4) is 5.82 Å². The first-order valence-electron chi connectivity index (χ1n) is 11.0. The molecule has 3 aliphatic heterocycles. The molecule has 2 aromatic heterocycles. The van der Waals surface area contributed by atoms with Crippen LogP contribution in [-0.2, 0) is 20.7 Å². The molecule has 12 nitrogen and oxygen atoms in total. The van der Waals surface area contributed by atoms with Gasteiger partial charge in [-0.25, -0.2) is 9.78 Å². The molecule has 1 N–H and O–H groups in total. The summed E-state index contributed by atoms with van der Waals surface area (Å²) in [5, 5.41) is 18.0. The predicted molar refractivity (Wildman–Crippen MR) is 115 cm³/mol. The number of hydrogen-bond donors (Lipinski definition) is 1. The van der Waals surface area contributed by atoms with Crippen molar-refractivity contribution in [3.63, 3.8) is 0 Å². The van der Waals surface area contributed by atoms with Crippen molar-refractivity contribution >= 4 is 11.9 Å². The molecule has 5 rings (SSSR count). The first-order valence-corrected chi connectivity index (χ1v) is 11.0. The molecular weight excluding hydrogens is 428 g/mol. The van der Waals surface area contributed by atoms with Gasteiger partial charge in [0.15, 0.2) is 5.82 Å². The number of cyclic esters (lactones) is 1. The quantitative estimate of drug-likeness (QED) is 0.599. The van der Waals surface area contributed by atoms with E-state index in [4.69, 9.17) is 9.84 Å². The minimum atomic E-state index is -0.312. The third-order valence-corrected chi connectivity index (χ3v) is 6.69. The van der Waals surface area contributed by atoms with Crippen LogP contribution < -0.4 is 0 Å². The van der Waals surface area contributed by atoms with E-state index in [1.54, 1.807) is 24.2 Å². The van der Waals surface area contributed by atoms with Gasteiger partial charge < -0.3 is 19.6 Å². The summed E-state index contributed by atoms with van der Waals surface area (Å²) >= 11 is 0. The smallest absolute Gasteiger partial charge is 0.336 e. The number of rotatable bonds is 5. The van der Waals surface area contributed by atoms with Crippen LogP contribution in [0.3, 0.4) is 0 Å².